The van der Waals surface area contributed by atoms with Gasteiger partial charge < -0.3 is 9.74 Å². The quantitative estimate of drug-likeness (QED) is 0.786. The molecule has 0 fully saturated rings. The zero-order chi connectivity index (χ0) is 12.3. The lowest BCUT2D eigenvalue weighted by molar-refractivity contribution is 0.132. The Morgan fingerprint density at radius 1 is 1.24 bits per heavy atom. The Balaban J connectivity index is 2.34. The molecule has 2 aromatic rings. The largest absolute Gasteiger partial charge is 0.414 e. The molecule has 1 aromatic heterocycles. The van der Waals surface area contributed by atoms with Gasteiger partial charge in [0.15, 0.2) is 0 Å². The van der Waals surface area contributed by atoms with Crippen molar-refractivity contribution in [1.82, 2.24) is 9.63 Å². The second-order valence-electron chi connectivity index (χ2n) is 4.47. The molecule has 3 heteroatoms. The highest BCUT2D eigenvalue weighted by molar-refractivity contribution is 5.83. The number of likely N-dealkylation sites (N-methyl/N-ethyl adjacent to an activating group) is 1. The fraction of sp³-hybridized carbons (Fsp3) is 0.429. The second kappa shape index (κ2) is 5.23. The third-order valence-corrected chi connectivity index (χ3v) is 2.86. The highest BCUT2D eigenvalue weighted by Gasteiger charge is 2.08. The first-order chi connectivity index (χ1) is 8.22. The van der Waals surface area contributed by atoms with Crippen molar-refractivity contribution in [2.45, 2.75) is 13.3 Å². The molecule has 92 valence electrons. The molecule has 0 radical (unpaired) electrons. The van der Waals surface area contributed by atoms with E-state index in [1.54, 1.807) is 0 Å². The first kappa shape index (κ1) is 12.0. The van der Waals surface area contributed by atoms with Gasteiger partial charge in [-0.2, -0.15) is 4.73 Å². The Morgan fingerprint density at radius 3 is 2.71 bits per heavy atom. The van der Waals surface area contributed by atoms with E-state index in [1.807, 2.05) is 17.7 Å². The van der Waals surface area contributed by atoms with Crippen LogP contribution in [0.5, 0.6) is 0 Å². The van der Waals surface area contributed by atoms with E-state index in [2.05, 4.69) is 43.4 Å². The van der Waals surface area contributed by atoms with Crippen molar-refractivity contribution in [3.8, 4) is 0 Å². The van der Waals surface area contributed by atoms with Crippen LogP contribution in [-0.4, -0.2) is 36.9 Å². The number of hydrogen-bond donors (Lipinski definition) is 0. The molecule has 0 aliphatic rings. The molecular formula is C14H20N2O. The summed E-state index contributed by atoms with van der Waals surface area (Å²) >= 11 is 0. The number of fused-ring (bicyclic) bond motifs is 1. The maximum Gasteiger partial charge on any atom is 0.112 e. The molecule has 0 aliphatic carbocycles. The lowest BCUT2D eigenvalue weighted by Gasteiger charge is -2.07. The van der Waals surface area contributed by atoms with Gasteiger partial charge in [-0.25, -0.2) is 0 Å². The van der Waals surface area contributed by atoms with Gasteiger partial charge in [0, 0.05) is 18.1 Å². The molecule has 0 bridgehead atoms. The number of rotatable bonds is 5. The fourth-order valence-electron chi connectivity index (χ4n) is 2.01. The number of aromatic nitrogens is 1. The van der Waals surface area contributed by atoms with Crippen LogP contribution in [0.25, 0.3) is 10.9 Å². The van der Waals surface area contributed by atoms with Crippen LogP contribution in [0.3, 0.4) is 0 Å². The molecule has 0 atom stereocenters. The summed E-state index contributed by atoms with van der Waals surface area (Å²) in [5, 5.41) is 1.29. The second-order valence-corrected chi connectivity index (χ2v) is 4.47. The summed E-state index contributed by atoms with van der Waals surface area (Å²) < 4.78 is 1.89. The van der Waals surface area contributed by atoms with E-state index in [9.17, 15) is 0 Å². The van der Waals surface area contributed by atoms with Gasteiger partial charge in [-0.3, -0.25) is 0 Å². The third-order valence-electron chi connectivity index (χ3n) is 2.86. The number of hydrogen-bond acceptors (Lipinski definition) is 2. The van der Waals surface area contributed by atoms with Crippen LogP contribution >= 0.6 is 0 Å². The maximum atomic E-state index is 5.61. The van der Waals surface area contributed by atoms with Gasteiger partial charge in [0.1, 0.15) is 6.61 Å². The highest BCUT2D eigenvalue weighted by atomic mass is 16.7. The van der Waals surface area contributed by atoms with E-state index in [0.29, 0.717) is 6.61 Å². The van der Waals surface area contributed by atoms with Crippen LogP contribution in [0.4, 0.5) is 0 Å². The van der Waals surface area contributed by atoms with E-state index in [1.165, 1.54) is 10.9 Å². The van der Waals surface area contributed by atoms with Gasteiger partial charge in [-0.05, 0) is 39.1 Å². The molecule has 17 heavy (non-hydrogen) atoms. The molecule has 0 saturated carbocycles. The van der Waals surface area contributed by atoms with Crippen LogP contribution < -0.4 is 4.84 Å². The van der Waals surface area contributed by atoms with Crippen molar-refractivity contribution in [1.29, 1.82) is 0 Å². The van der Waals surface area contributed by atoms with E-state index < -0.39 is 0 Å². The summed E-state index contributed by atoms with van der Waals surface area (Å²) in [6, 6.07) is 8.39. The molecule has 1 aromatic carbocycles. The molecular weight excluding hydrogens is 212 g/mol. The van der Waals surface area contributed by atoms with E-state index in [-0.39, 0.29) is 0 Å². The van der Waals surface area contributed by atoms with Crippen molar-refractivity contribution < 1.29 is 4.84 Å². The summed E-state index contributed by atoms with van der Waals surface area (Å²) in [5.74, 6) is 0. The minimum absolute atomic E-state index is 0.686. The van der Waals surface area contributed by atoms with Crippen LogP contribution in [0.15, 0.2) is 30.5 Å². The molecule has 0 spiro atoms. The van der Waals surface area contributed by atoms with E-state index in [0.717, 1.165) is 18.5 Å². The first-order valence-electron chi connectivity index (χ1n) is 6.09. The zero-order valence-corrected chi connectivity index (χ0v) is 10.8. The van der Waals surface area contributed by atoms with E-state index >= 15 is 0 Å². The molecule has 0 saturated heterocycles. The van der Waals surface area contributed by atoms with Crippen molar-refractivity contribution in [3.05, 3.63) is 36.0 Å². The Kier molecular flexibility index (Phi) is 3.69. The number of nitrogens with zero attached hydrogens (tertiary/aromatic N) is 2. The molecule has 1 heterocycles. The summed E-state index contributed by atoms with van der Waals surface area (Å²) in [7, 11) is 4.20. The molecule has 0 unspecified atom stereocenters. The third kappa shape index (κ3) is 2.61. The fourth-order valence-corrected chi connectivity index (χ4v) is 2.01. The molecule has 0 N–H and O–H groups in total. The number of benzene rings is 1. The summed E-state index contributed by atoms with van der Waals surface area (Å²) in [5.41, 5.74) is 2.51. The first-order valence-corrected chi connectivity index (χ1v) is 6.09. The molecule has 3 nitrogen and oxygen atoms in total. The smallest absolute Gasteiger partial charge is 0.112 e. The van der Waals surface area contributed by atoms with Crippen molar-refractivity contribution in [3.63, 3.8) is 0 Å². The maximum absolute atomic E-state index is 5.61. The van der Waals surface area contributed by atoms with Crippen LogP contribution in [0, 0.1) is 0 Å². The lowest BCUT2D eigenvalue weighted by atomic mass is 10.1. The number of para-hydroxylation sites is 1. The van der Waals surface area contributed by atoms with Crippen molar-refractivity contribution in [2.75, 3.05) is 27.2 Å². The van der Waals surface area contributed by atoms with Crippen molar-refractivity contribution in [2.24, 2.45) is 0 Å². The van der Waals surface area contributed by atoms with Gasteiger partial charge in [-0.15, -0.1) is 0 Å². The highest BCUT2D eigenvalue weighted by Crippen LogP contribution is 2.20. The zero-order valence-electron chi connectivity index (χ0n) is 10.8. The van der Waals surface area contributed by atoms with Crippen LogP contribution in [-0.2, 0) is 6.42 Å². The molecule has 0 amide bonds. The molecule has 2 rings (SSSR count). The lowest BCUT2D eigenvalue weighted by Crippen LogP contribution is -2.15. The van der Waals surface area contributed by atoms with Crippen molar-refractivity contribution >= 4 is 10.9 Å². The average Bonchev–Trinajstić information content (AvgIpc) is 2.66. The average molecular weight is 232 g/mol. The minimum Gasteiger partial charge on any atom is -0.414 e. The summed E-state index contributed by atoms with van der Waals surface area (Å²) in [4.78, 5) is 7.81. The van der Waals surface area contributed by atoms with Gasteiger partial charge in [0.25, 0.3) is 0 Å². The topological polar surface area (TPSA) is 17.4 Å². The molecule has 0 aliphatic heterocycles. The SMILES string of the molecule is CCOn1cc(CCN(C)C)c2ccccc21. The van der Waals surface area contributed by atoms with Crippen LogP contribution in [0.1, 0.15) is 12.5 Å². The van der Waals surface area contributed by atoms with Crippen LogP contribution in [0.2, 0.25) is 0 Å². The van der Waals surface area contributed by atoms with Gasteiger partial charge in [0.05, 0.1) is 5.52 Å². The Morgan fingerprint density at radius 2 is 2.00 bits per heavy atom. The standard InChI is InChI=1S/C14H20N2O/c1-4-17-16-11-12(9-10-15(2)3)13-7-5-6-8-14(13)16/h5-8,11H,4,9-10H2,1-3H3. The Bertz CT molecular complexity index is 488. The summed E-state index contributed by atoms with van der Waals surface area (Å²) in [6.07, 6.45) is 3.16. The van der Waals surface area contributed by atoms with Gasteiger partial charge in [-0.1, -0.05) is 18.2 Å². The van der Waals surface area contributed by atoms with E-state index in [4.69, 9.17) is 4.84 Å². The van der Waals surface area contributed by atoms with Gasteiger partial charge in [0.2, 0.25) is 0 Å². The Labute approximate surface area is 103 Å². The summed E-state index contributed by atoms with van der Waals surface area (Å²) in [6.45, 7) is 3.75. The minimum atomic E-state index is 0.686. The Hall–Kier alpha value is -1.48. The predicted molar refractivity (Wildman–Crippen MR) is 71.3 cm³/mol. The normalized spacial score (nSPS) is 11.3. The monoisotopic (exact) mass is 232 g/mol. The van der Waals surface area contributed by atoms with Gasteiger partial charge >= 0.3 is 0 Å². The predicted octanol–water partition coefficient (Wildman–Crippen LogP) is 2.19.